The summed E-state index contributed by atoms with van der Waals surface area (Å²) >= 11 is 0. The molecule has 0 aliphatic heterocycles. The molecule has 0 radical (unpaired) electrons. The average molecular weight is 300 g/mol. The van der Waals surface area contributed by atoms with E-state index in [-0.39, 0.29) is 18.0 Å². The highest BCUT2D eigenvalue weighted by Gasteiger charge is 2.08. The number of nitrogens with zero attached hydrogens (tertiary/aromatic N) is 2. The van der Waals surface area contributed by atoms with Gasteiger partial charge < -0.3 is 15.8 Å². The van der Waals surface area contributed by atoms with E-state index >= 15 is 0 Å². The molecular formula is C16H20N4O2. The summed E-state index contributed by atoms with van der Waals surface area (Å²) in [5.74, 6) is 0.581. The van der Waals surface area contributed by atoms with Crippen LogP contribution in [0.25, 0.3) is 0 Å². The summed E-state index contributed by atoms with van der Waals surface area (Å²) in [5.41, 5.74) is 7.31. The molecule has 0 spiro atoms. The second-order valence-electron chi connectivity index (χ2n) is 5.17. The van der Waals surface area contributed by atoms with E-state index in [1.165, 1.54) is 0 Å². The zero-order valence-electron chi connectivity index (χ0n) is 12.7. The van der Waals surface area contributed by atoms with Gasteiger partial charge in [0.05, 0.1) is 0 Å². The Morgan fingerprint density at radius 1 is 1.36 bits per heavy atom. The highest BCUT2D eigenvalue weighted by atomic mass is 16.5. The van der Waals surface area contributed by atoms with E-state index in [2.05, 4.69) is 15.3 Å². The Hall–Kier alpha value is -2.47. The number of hydrogen-bond acceptors (Lipinski definition) is 5. The first-order chi connectivity index (χ1) is 10.5. The van der Waals surface area contributed by atoms with Crippen molar-refractivity contribution in [3.05, 3.63) is 42.2 Å². The van der Waals surface area contributed by atoms with Crippen LogP contribution in [-0.4, -0.2) is 21.9 Å². The molecule has 0 saturated carbocycles. The first-order valence-corrected chi connectivity index (χ1v) is 7.15. The maximum atomic E-state index is 11.8. The van der Waals surface area contributed by atoms with Crippen molar-refractivity contribution in [1.29, 1.82) is 0 Å². The molecule has 6 nitrogen and oxygen atoms in total. The Morgan fingerprint density at radius 2 is 2.09 bits per heavy atom. The standard InChI is InChI=1S/C16H20N4O2/c1-11-10-13(22-16-18-8-3-9-19-16)5-6-14(11)20-15(21)7-4-12(2)17/h3,5-6,8-10,12H,4,7,17H2,1-2H3,(H,20,21). The van der Waals surface area contributed by atoms with Gasteiger partial charge in [0.1, 0.15) is 5.75 Å². The number of amides is 1. The van der Waals surface area contributed by atoms with Crippen molar-refractivity contribution in [3.63, 3.8) is 0 Å². The van der Waals surface area contributed by atoms with Crippen molar-refractivity contribution in [2.75, 3.05) is 5.32 Å². The Bertz CT molecular complexity index is 629. The number of rotatable bonds is 6. The lowest BCUT2D eigenvalue weighted by Gasteiger charge is -2.11. The van der Waals surface area contributed by atoms with Gasteiger partial charge in [-0.3, -0.25) is 4.79 Å². The van der Waals surface area contributed by atoms with Gasteiger partial charge in [0.2, 0.25) is 5.91 Å². The number of carbonyl (C=O) groups excluding carboxylic acids is 1. The van der Waals surface area contributed by atoms with Crippen molar-refractivity contribution >= 4 is 11.6 Å². The maximum absolute atomic E-state index is 11.8. The molecule has 0 aliphatic rings. The monoisotopic (exact) mass is 300 g/mol. The average Bonchev–Trinajstić information content (AvgIpc) is 2.49. The smallest absolute Gasteiger partial charge is 0.321 e. The van der Waals surface area contributed by atoms with Crippen LogP contribution in [0.1, 0.15) is 25.3 Å². The van der Waals surface area contributed by atoms with Gasteiger partial charge in [0.15, 0.2) is 0 Å². The lowest BCUT2D eigenvalue weighted by Crippen LogP contribution is -2.19. The van der Waals surface area contributed by atoms with Gasteiger partial charge >= 0.3 is 6.01 Å². The molecule has 116 valence electrons. The third kappa shape index (κ3) is 4.82. The minimum atomic E-state index is -0.0412. The van der Waals surface area contributed by atoms with Crippen molar-refractivity contribution in [2.24, 2.45) is 5.73 Å². The number of carbonyl (C=O) groups is 1. The summed E-state index contributed by atoms with van der Waals surface area (Å²) in [6.45, 7) is 3.79. The largest absolute Gasteiger partial charge is 0.424 e. The molecule has 1 amide bonds. The Balaban J connectivity index is 1.99. The van der Waals surface area contributed by atoms with Crippen LogP contribution >= 0.6 is 0 Å². The van der Waals surface area contributed by atoms with E-state index in [0.29, 0.717) is 18.6 Å². The molecule has 1 atom stereocenters. The second-order valence-corrected chi connectivity index (χ2v) is 5.17. The summed E-state index contributed by atoms with van der Waals surface area (Å²) in [4.78, 5) is 19.8. The SMILES string of the molecule is Cc1cc(Oc2ncccn2)ccc1NC(=O)CCC(C)N. The predicted octanol–water partition coefficient (Wildman–Crippen LogP) is 2.64. The van der Waals surface area contributed by atoms with E-state index in [1.54, 1.807) is 30.6 Å². The van der Waals surface area contributed by atoms with E-state index in [0.717, 1.165) is 11.3 Å². The summed E-state index contributed by atoms with van der Waals surface area (Å²) in [7, 11) is 0. The Morgan fingerprint density at radius 3 is 2.73 bits per heavy atom. The lowest BCUT2D eigenvalue weighted by atomic mass is 10.1. The zero-order chi connectivity index (χ0) is 15.9. The van der Waals surface area contributed by atoms with Crippen LogP contribution in [0.5, 0.6) is 11.8 Å². The number of anilines is 1. The quantitative estimate of drug-likeness (QED) is 0.856. The normalized spacial score (nSPS) is 11.8. The highest BCUT2D eigenvalue weighted by Crippen LogP contribution is 2.24. The van der Waals surface area contributed by atoms with Crippen molar-refractivity contribution < 1.29 is 9.53 Å². The molecule has 0 bridgehead atoms. The third-order valence-corrected chi connectivity index (χ3v) is 3.05. The molecule has 1 aromatic carbocycles. The third-order valence-electron chi connectivity index (χ3n) is 3.05. The lowest BCUT2D eigenvalue weighted by molar-refractivity contribution is -0.116. The van der Waals surface area contributed by atoms with Gasteiger partial charge in [0.25, 0.3) is 0 Å². The van der Waals surface area contributed by atoms with Crippen LogP contribution in [-0.2, 0) is 4.79 Å². The minimum Gasteiger partial charge on any atom is -0.424 e. The van der Waals surface area contributed by atoms with Gasteiger partial charge in [-0.2, -0.15) is 0 Å². The molecule has 0 saturated heterocycles. The molecule has 2 rings (SSSR count). The number of nitrogens with two attached hydrogens (primary N) is 1. The molecule has 1 unspecified atom stereocenters. The predicted molar refractivity (Wildman–Crippen MR) is 84.8 cm³/mol. The van der Waals surface area contributed by atoms with Gasteiger partial charge in [0, 0.05) is 30.5 Å². The molecule has 0 aliphatic carbocycles. The van der Waals surface area contributed by atoms with Crippen LogP contribution in [0.2, 0.25) is 0 Å². The summed E-state index contributed by atoms with van der Waals surface area (Å²) in [6.07, 6.45) is 4.30. The molecule has 3 N–H and O–H groups in total. The topological polar surface area (TPSA) is 90.1 Å². The molecule has 2 aromatic rings. The van der Waals surface area contributed by atoms with Crippen LogP contribution in [0.3, 0.4) is 0 Å². The molecule has 22 heavy (non-hydrogen) atoms. The van der Waals surface area contributed by atoms with Gasteiger partial charge in [-0.25, -0.2) is 9.97 Å². The van der Waals surface area contributed by atoms with Gasteiger partial charge in [-0.15, -0.1) is 0 Å². The Labute approximate surface area is 129 Å². The fraction of sp³-hybridized carbons (Fsp3) is 0.312. The van der Waals surface area contributed by atoms with E-state index in [1.807, 2.05) is 19.9 Å². The van der Waals surface area contributed by atoms with Crippen LogP contribution < -0.4 is 15.8 Å². The van der Waals surface area contributed by atoms with Gasteiger partial charge in [-0.05, 0) is 50.1 Å². The van der Waals surface area contributed by atoms with Crippen molar-refractivity contribution in [2.45, 2.75) is 32.7 Å². The van der Waals surface area contributed by atoms with Gasteiger partial charge in [-0.1, -0.05) is 0 Å². The van der Waals surface area contributed by atoms with Crippen molar-refractivity contribution in [1.82, 2.24) is 9.97 Å². The fourth-order valence-corrected chi connectivity index (χ4v) is 1.85. The zero-order valence-corrected chi connectivity index (χ0v) is 12.7. The molecule has 1 aromatic heterocycles. The van der Waals surface area contributed by atoms with Crippen LogP contribution in [0.15, 0.2) is 36.7 Å². The Kier molecular flexibility index (Phi) is 5.43. The number of benzene rings is 1. The van der Waals surface area contributed by atoms with E-state index in [9.17, 15) is 4.79 Å². The van der Waals surface area contributed by atoms with Crippen molar-refractivity contribution in [3.8, 4) is 11.8 Å². The first-order valence-electron chi connectivity index (χ1n) is 7.15. The van der Waals surface area contributed by atoms with E-state index < -0.39 is 0 Å². The number of nitrogens with one attached hydrogen (secondary N) is 1. The molecule has 0 fully saturated rings. The second kappa shape index (κ2) is 7.51. The maximum Gasteiger partial charge on any atom is 0.321 e. The molecular weight excluding hydrogens is 280 g/mol. The number of hydrogen-bond donors (Lipinski definition) is 2. The number of aryl methyl sites for hydroxylation is 1. The molecule has 1 heterocycles. The fourth-order valence-electron chi connectivity index (χ4n) is 1.85. The summed E-state index contributed by atoms with van der Waals surface area (Å²) in [5, 5.41) is 2.88. The summed E-state index contributed by atoms with van der Waals surface area (Å²) < 4.78 is 5.55. The summed E-state index contributed by atoms with van der Waals surface area (Å²) in [6, 6.07) is 7.43. The number of aromatic nitrogens is 2. The van der Waals surface area contributed by atoms with Crippen LogP contribution in [0, 0.1) is 6.92 Å². The number of ether oxygens (including phenoxy) is 1. The molecule has 6 heteroatoms. The van der Waals surface area contributed by atoms with Crippen LogP contribution in [0.4, 0.5) is 5.69 Å². The van der Waals surface area contributed by atoms with E-state index in [4.69, 9.17) is 10.5 Å². The minimum absolute atomic E-state index is 0.0218. The highest BCUT2D eigenvalue weighted by molar-refractivity contribution is 5.91. The first kappa shape index (κ1) is 15.9.